The van der Waals surface area contributed by atoms with E-state index in [1.807, 2.05) is 0 Å². The van der Waals surface area contributed by atoms with Gasteiger partial charge in [0.15, 0.2) is 0 Å². The minimum Gasteiger partial charge on any atom is -0.379 e. The summed E-state index contributed by atoms with van der Waals surface area (Å²) < 4.78 is 35.9. The topological polar surface area (TPSA) is 38.8 Å². The van der Waals surface area contributed by atoms with Crippen LogP contribution < -0.4 is 4.90 Å². The zero-order chi connectivity index (χ0) is 15.2. The molecule has 2 rings (SSSR count). The van der Waals surface area contributed by atoms with Gasteiger partial charge in [0.05, 0.1) is 19.3 Å². The number of hydrogen-bond donors (Lipinski definition) is 0. The average Bonchev–Trinajstić information content (AvgIpc) is 2.95. The standard InChI is InChI=1S/C14H16ClF2NO3/c15-10-2-1-3-11(6-10)18(7-13(16)17)14(19)9-21-12-4-5-20-8-12/h1-3,6,12-13H,4-5,7-9H2/t12-/m1/s1. The summed E-state index contributed by atoms with van der Waals surface area (Å²) in [6.45, 7) is 0.0736. The normalized spacial score (nSPS) is 18.2. The highest BCUT2D eigenvalue weighted by Crippen LogP contribution is 2.21. The fourth-order valence-electron chi connectivity index (χ4n) is 2.04. The van der Waals surface area contributed by atoms with Crippen LogP contribution in [0.2, 0.25) is 5.02 Å². The van der Waals surface area contributed by atoms with Crippen LogP contribution in [0, 0.1) is 0 Å². The lowest BCUT2D eigenvalue weighted by Gasteiger charge is -2.23. The van der Waals surface area contributed by atoms with Gasteiger partial charge in [-0.05, 0) is 24.6 Å². The Morgan fingerprint density at radius 3 is 2.95 bits per heavy atom. The third kappa shape index (κ3) is 4.91. The first-order valence-electron chi connectivity index (χ1n) is 6.59. The monoisotopic (exact) mass is 319 g/mol. The number of carbonyl (C=O) groups is 1. The van der Waals surface area contributed by atoms with Crippen molar-refractivity contribution in [3.63, 3.8) is 0 Å². The predicted octanol–water partition coefficient (Wildman–Crippen LogP) is 2.74. The Hall–Kier alpha value is -1.24. The zero-order valence-electron chi connectivity index (χ0n) is 11.3. The number of amides is 1. The van der Waals surface area contributed by atoms with Crippen molar-refractivity contribution in [2.45, 2.75) is 19.0 Å². The van der Waals surface area contributed by atoms with E-state index in [0.29, 0.717) is 30.3 Å². The Labute approximate surface area is 126 Å². The van der Waals surface area contributed by atoms with Crippen LogP contribution in [0.15, 0.2) is 24.3 Å². The van der Waals surface area contributed by atoms with Gasteiger partial charge in [0.25, 0.3) is 12.3 Å². The largest absolute Gasteiger partial charge is 0.379 e. The summed E-state index contributed by atoms with van der Waals surface area (Å²) >= 11 is 5.84. The van der Waals surface area contributed by atoms with Gasteiger partial charge in [-0.2, -0.15) is 0 Å². The summed E-state index contributed by atoms with van der Waals surface area (Å²) in [5, 5.41) is 0.379. The van der Waals surface area contributed by atoms with Gasteiger partial charge in [0.2, 0.25) is 0 Å². The third-order valence-electron chi connectivity index (χ3n) is 3.07. The fraction of sp³-hybridized carbons (Fsp3) is 0.500. The highest BCUT2D eigenvalue weighted by Gasteiger charge is 2.23. The molecule has 1 aliphatic heterocycles. The first-order chi connectivity index (χ1) is 10.1. The fourth-order valence-corrected chi connectivity index (χ4v) is 2.23. The van der Waals surface area contributed by atoms with E-state index in [0.717, 1.165) is 4.90 Å². The number of ether oxygens (including phenoxy) is 2. The van der Waals surface area contributed by atoms with Crippen LogP contribution in [0.3, 0.4) is 0 Å². The Morgan fingerprint density at radius 2 is 2.33 bits per heavy atom. The van der Waals surface area contributed by atoms with Gasteiger partial charge < -0.3 is 14.4 Å². The molecule has 1 aliphatic rings. The van der Waals surface area contributed by atoms with Gasteiger partial charge in [0.1, 0.15) is 6.61 Å². The number of nitrogens with zero attached hydrogens (tertiary/aromatic N) is 1. The first kappa shape index (κ1) is 16.1. The minimum absolute atomic E-state index is 0.151. The SMILES string of the molecule is O=C(CO[C@@H]1CCOC1)N(CC(F)F)c1cccc(Cl)c1. The van der Waals surface area contributed by atoms with Gasteiger partial charge in [0, 0.05) is 17.3 Å². The van der Waals surface area contributed by atoms with Crippen LogP contribution in [0.25, 0.3) is 0 Å². The number of anilines is 1. The molecule has 116 valence electrons. The van der Waals surface area contributed by atoms with E-state index in [1.54, 1.807) is 18.2 Å². The quantitative estimate of drug-likeness (QED) is 0.809. The van der Waals surface area contributed by atoms with Crippen molar-refractivity contribution < 1.29 is 23.0 Å². The van der Waals surface area contributed by atoms with Crippen molar-refractivity contribution >= 4 is 23.2 Å². The summed E-state index contributed by atoms with van der Waals surface area (Å²) in [6.07, 6.45) is -2.08. The zero-order valence-corrected chi connectivity index (χ0v) is 12.1. The molecule has 7 heteroatoms. The maximum Gasteiger partial charge on any atom is 0.256 e. The molecule has 1 saturated heterocycles. The van der Waals surface area contributed by atoms with Crippen molar-refractivity contribution in [2.24, 2.45) is 0 Å². The molecule has 1 aromatic rings. The Kier molecular flexibility index (Phi) is 5.90. The molecule has 0 aromatic heterocycles. The van der Waals surface area contributed by atoms with Gasteiger partial charge in [-0.1, -0.05) is 17.7 Å². The minimum atomic E-state index is -2.64. The molecule has 0 saturated carbocycles. The second-order valence-electron chi connectivity index (χ2n) is 4.67. The van der Waals surface area contributed by atoms with Gasteiger partial charge in [-0.25, -0.2) is 8.78 Å². The molecule has 0 radical (unpaired) electrons. The number of benzene rings is 1. The summed E-state index contributed by atoms with van der Waals surface area (Å²) in [5.74, 6) is -0.524. The summed E-state index contributed by atoms with van der Waals surface area (Å²) in [7, 11) is 0. The Balaban J connectivity index is 2.02. The molecule has 0 N–H and O–H groups in total. The molecule has 21 heavy (non-hydrogen) atoms. The number of halogens is 3. The lowest BCUT2D eigenvalue weighted by Crippen LogP contribution is -2.38. The molecule has 0 spiro atoms. The van der Waals surface area contributed by atoms with Crippen molar-refractivity contribution in [3.05, 3.63) is 29.3 Å². The predicted molar refractivity (Wildman–Crippen MR) is 75.0 cm³/mol. The number of alkyl halides is 2. The van der Waals surface area contributed by atoms with E-state index in [1.165, 1.54) is 6.07 Å². The Bertz CT molecular complexity index is 481. The van der Waals surface area contributed by atoms with E-state index in [4.69, 9.17) is 21.1 Å². The first-order valence-corrected chi connectivity index (χ1v) is 6.97. The molecule has 1 atom stereocenters. The highest BCUT2D eigenvalue weighted by atomic mass is 35.5. The van der Waals surface area contributed by atoms with Crippen LogP contribution in [-0.2, 0) is 14.3 Å². The van der Waals surface area contributed by atoms with Crippen LogP contribution in [0.4, 0.5) is 14.5 Å². The number of carbonyl (C=O) groups excluding carboxylic acids is 1. The van der Waals surface area contributed by atoms with Gasteiger partial charge in [-0.3, -0.25) is 4.79 Å². The van der Waals surface area contributed by atoms with Crippen molar-refractivity contribution in [1.29, 1.82) is 0 Å². The van der Waals surface area contributed by atoms with Crippen LogP contribution in [0.5, 0.6) is 0 Å². The van der Waals surface area contributed by atoms with E-state index in [9.17, 15) is 13.6 Å². The van der Waals surface area contributed by atoms with Crippen molar-refractivity contribution in [2.75, 3.05) is 31.3 Å². The maximum absolute atomic E-state index is 12.7. The van der Waals surface area contributed by atoms with Crippen molar-refractivity contribution in [3.8, 4) is 0 Å². The molecular formula is C14H16ClF2NO3. The molecule has 0 aliphatic carbocycles. The molecule has 4 nitrogen and oxygen atoms in total. The third-order valence-corrected chi connectivity index (χ3v) is 3.31. The molecular weight excluding hydrogens is 304 g/mol. The lowest BCUT2D eigenvalue weighted by molar-refractivity contribution is -0.125. The highest BCUT2D eigenvalue weighted by molar-refractivity contribution is 6.30. The van der Waals surface area contributed by atoms with Crippen LogP contribution >= 0.6 is 11.6 Å². The van der Waals surface area contributed by atoms with Crippen LogP contribution in [-0.4, -0.2) is 44.8 Å². The molecule has 0 unspecified atom stereocenters. The van der Waals surface area contributed by atoms with Crippen molar-refractivity contribution in [1.82, 2.24) is 0 Å². The molecule has 1 amide bonds. The lowest BCUT2D eigenvalue weighted by atomic mass is 10.2. The smallest absolute Gasteiger partial charge is 0.256 e. The summed E-state index contributed by atoms with van der Waals surface area (Å²) in [4.78, 5) is 13.1. The summed E-state index contributed by atoms with van der Waals surface area (Å²) in [5.41, 5.74) is 0.332. The second-order valence-corrected chi connectivity index (χ2v) is 5.11. The number of rotatable bonds is 6. The van der Waals surface area contributed by atoms with Crippen LogP contribution in [0.1, 0.15) is 6.42 Å². The van der Waals surface area contributed by atoms with E-state index < -0.39 is 18.9 Å². The number of hydrogen-bond acceptors (Lipinski definition) is 3. The molecule has 1 aromatic carbocycles. The van der Waals surface area contributed by atoms with E-state index >= 15 is 0 Å². The maximum atomic E-state index is 12.7. The van der Waals surface area contributed by atoms with Gasteiger partial charge in [-0.15, -0.1) is 0 Å². The average molecular weight is 320 g/mol. The molecule has 1 heterocycles. The Morgan fingerprint density at radius 1 is 1.52 bits per heavy atom. The molecule has 0 bridgehead atoms. The second kappa shape index (κ2) is 7.68. The summed E-state index contributed by atoms with van der Waals surface area (Å²) in [6, 6.07) is 6.25. The van der Waals surface area contributed by atoms with E-state index in [-0.39, 0.29) is 12.7 Å². The van der Waals surface area contributed by atoms with E-state index in [2.05, 4.69) is 0 Å². The molecule has 1 fully saturated rings. The van der Waals surface area contributed by atoms with Gasteiger partial charge >= 0.3 is 0 Å².